The number of furan rings is 1. The number of para-hydroxylation sites is 1. The van der Waals surface area contributed by atoms with Gasteiger partial charge in [0, 0.05) is 19.0 Å². The molecule has 1 fully saturated rings. The molecule has 1 amide bonds. The number of hydrogen-bond acceptors (Lipinski definition) is 4. The van der Waals surface area contributed by atoms with Gasteiger partial charge in [-0.3, -0.25) is 4.79 Å². The van der Waals surface area contributed by atoms with Crippen LogP contribution in [0.2, 0.25) is 0 Å². The number of carbonyl (C=O) groups excluding carboxylic acids is 1. The number of fused-ring (bicyclic) bond motifs is 1. The van der Waals surface area contributed by atoms with E-state index < -0.39 is 5.54 Å². The van der Waals surface area contributed by atoms with Crippen molar-refractivity contribution in [2.75, 3.05) is 20.3 Å². The molecule has 21 heavy (non-hydrogen) atoms. The van der Waals surface area contributed by atoms with E-state index in [4.69, 9.17) is 14.9 Å². The number of likely N-dealkylation sites (N-methyl/N-ethyl adjacent to an activating group) is 1. The third-order valence-corrected chi connectivity index (χ3v) is 4.24. The smallest absolute Gasteiger partial charge is 0.245 e. The monoisotopic (exact) mass is 288 g/mol. The summed E-state index contributed by atoms with van der Waals surface area (Å²) in [4.78, 5) is 14.2. The number of nitrogens with two attached hydrogens (primary N) is 1. The van der Waals surface area contributed by atoms with E-state index in [9.17, 15) is 4.79 Å². The van der Waals surface area contributed by atoms with Crippen molar-refractivity contribution >= 4 is 16.9 Å². The lowest BCUT2D eigenvalue weighted by Crippen LogP contribution is -2.55. The summed E-state index contributed by atoms with van der Waals surface area (Å²) in [6.45, 7) is 2.76. The molecule has 2 heterocycles. The number of rotatable bonds is 3. The first-order valence-corrected chi connectivity index (χ1v) is 7.14. The van der Waals surface area contributed by atoms with Crippen molar-refractivity contribution in [3.63, 3.8) is 0 Å². The van der Waals surface area contributed by atoms with Gasteiger partial charge in [-0.05, 0) is 25.5 Å². The molecule has 5 heteroatoms. The van der Waals surface area contributed by atoms with Crippen LogP contribution in [-0.2, 0) is 9.53 Å². The quantitative estimate of drug-likeness (QED) is 0.938. The Balaban J connectivity index is 1.83. The summed E-state index contributed by atoms with van der Waals surface area (Å²) >= 11 is 0. The lowest BCUT2D eigenvalue weighted by Gasteiger charge is -2.31. The molecule has 1 aromatic heterocycles. The molecular formula is C16H20N2O3. The van der Waals surface area contributed by atoms with Gasteiger partial charge in [0.1, 0.15) is 16.9 Å². The van der Waals surface area contributed by atoms with Crippen molar-refractivity contribution in [2.45, 2.75) is 24.9 Å². The zero-order chi connectivity index (χ0) is 15.0. The Bertz CT molecular complexity index is 625. The maximum atomic E-state index is 12.6. The van der Waals surface area contributed by atoms with Gasteiger partial charge in [0.05, 0.1) is 12.6 Å². The molecule has 1 saturated heterocycles. The summed E-state index contributed by atoms with van der Waals surface area (Å²) in [5, 5.41) is 1.03. The van der Waals surface area contributed by atoms with Gasteiger partial charge in [0.25, 0.3) is 0 Å². The summed E-state index contributed by atoms with van der Waals surface area (Å²) < 4.78 is 11.1. The summed E-state index contributed by atoms with van der Waals surface area (Å²) in [7, 11) is 1.76. The Morgan fingerprint density at radius 2 is 2.19 bits per heavy atom. The molecule has 2 aromatic rings. The lowest BCUT2D eigenvalue weighted by atomic mass is 9.97. The number of nitrogens with zero attached hydrogens (tertiary/aromatic N) is 1. The molecule has 2 N–H and O–H groups in total. The topological polar surface area (TPSA) is 68.7 Å². The van der Waals surface area contributed by atoms with Crippen LogP contribution in [0.25, 0.3) is 11.0 Å². The first-order chi connectivity index (χ1) is 10.0. The SMILES string of the molecule is CC(c1cc2ccccc2o1)N(C)C(=O)C1(N)CCOC1. The van der Waals surface area contributed by atoms with Gasteiger partial charge >= 0.3 is 0 Å². The highest BCUT2D eigenvalue weighted by atomic mass is 16.5. The summed E-state index contributed by atoms with van der Waals surface area (Å²) in [6, 6.07) is 9.60. The number of amides is 1. The Morgan fingerprint density at radius 1 is 1.43 bits per heavy atom. The molecule has 0 spiro atoms. The van der Waals surface area contributed by atoms with Crippen LogP contribution in [0, 0.1) is 0 Å². The van der Waals surface area contributed by atoms with Gasteiger partial charge in [0.15, 0.2) is 0 Å². The fraction of sp³-hybridized carbons (Fsp3) is 0.438. The van der Waals surface area contributed by atoms with Gasteiger partial charge in [-0.2, -0.15) is 0 Å². The third-order valence-electron chi connectivity index (χ3n) is 4.24. The minimum atomic E-state index is -0.908. The van der Waals surface area contributed by atoms with Crippen molar-refractivity contribution in [3.05, 3.63) is 36.1 Å². The highest BCUT2D eigenvalue weighted by Crippen LogP contribution is 2.29. The summed E-state index contributed by atoms with van der Waals surface area (Å²) in [6.07, 6.45) is 0.559. The van der Waals surface area contributed by atoms with Crippen LogP contribution in [-0.4, -0.2) is 36.6 Å². The Labute approximate surface area is 123 Å². The van der Waals surface area contributed by atoms with Crippen molar-refractivity contribution in [1.29, 1.82) is 0 Å². The Kier molecular flexibility index (Phi) is 3.47. The predicted octanol–water partition coefficient (Wildman–Crippen LogP) is 2.07. The molecule has 0 radical (unpaired) electrons. The van der Waals surface area contributed by atoms with Crippen LogP contribution in [0.3, 0.4) is 0 Å². The van der Waals surface area contributed by atoms with E-state index in [-0.39, 0.29) is 18.6 Å². The lowest BCUT2D eigenvalue weighted by molar-refractivity contribution is -0.138. The molecule has 5 nitrogen and oxygen atoms in total. The van der Waals surface area contributed by atoms with E-state index in [0.717, 1.165) is 16.7 Å². The van der Waals surface area contributed by atoms with E-state index >= 15 is 0 Å². The highest BCUT2D eigenvalue weighted by Gasteiger charge is 2.41. The van der Waals surface area contributed by atoms with Gasteiger partial charge in [-0.15, -0.1) is 0 Å². The van der Waals surface area contributed by atoms with Gasteiger partial charge in [-0.25, -0.2) is 0 Å². The molecule has 2 atom stereocenters. The molecule has 1 aliphatic rings. The van der Waals surface area contributed by atoms with Crippen molar-refractivity contribution in [1.82, 2.24) is 4.90 Å². The Morgan fingerprint density at radius 3 is 2.86 bits per heavy atom. The van der Waals surface area contributed by atoms with Gasteiger partial charge < -0.3 is 19.8 Å². The van der Waals surface area contributed by atoms with Gasteiger partial charge in [0.2, 0.25) is 5.91 Å². The molecular weight excluding hydrogens is 268 g/mol. The largest absolute Gasteiger partial charge is 0.459 e. The summed E-state index contributed by atoms with van der Waals surface area (Å²) in [5.41, 5.74) is 6.07. The van der Waals surface area contributed by atoms with Crippen LogP contribution in [0.4, 0.5) is 0 Å². The summed E-state index contributed by atoms with van der Waals surface area (Å²) in [5.74, 6) is 0.655. The molecule has 1 aliphatic heterocycles. The number of ether oxygens (including phenoxy) is 1. The predicted molar refractivity (Wildman–Crippen MR) is 79.8 cm³/mol. The molecule has 2 unspecified atom stereocenters. The first-order valence-electron chi connectivity index (χ1n) is 7.14. The maximum absolute atomic E-state index is 12.6. The third kappa shape index (κ3) is 2.43. The van der Waals surface area contributed by atoms with Crippen LogP contribution in [0.1, 0.15) is 25.1 Å². The second-order valence-corrected chi connectivity index (χ2v) is 5.74. The molecule has 0 aliphatic carbocycles. The zero-order valence-electron chi connectivity index (χ0n) is 12.3. The van der Waals surface area contributed by atoms with Crippen LogP contribution >= 0.6 is 0 Å². The van der Waals surface area contributed by atoms with E-state index in [1.807, 2.05) is 37.3 Å². The molecule has 1 aromatic carbocycles. The second kappa shape index (κ2) is 5.16. The van der Waals surface area contributed by atoms with Crippen LogP contribution < -0.4 is 5.73 Å². The highest BCUT2D eigenvalue weighted by molar-refractivity contribution is 5.87. The number of hydrogen-bond donors (Lipinski definition) is 1. The van der Waals surface area contributed by atoms with Crippen molar-refractivity contribution < 1.29 is 13.9 Å². The average molecular weight is 288 g/mol. The Hall–Kier alpha value is -1.85. The maximum Gasteiger partial charge on any atom is 0.245 e. The standard InChI is InChI=1S/C16H20N2O3/c1-11(14-9-12-5-3-4-6-13(12)21-14)18(2)15(19)16(17)7-8-20-10-16/h3-6,9,11H,7-8,10,17H2,1-2H3. The molecule has 0 bridgehead atoms. The van der Waals surface area contributed by atoms with E-state index in [1.165, 1.54) is 0 Å². The van der Waals surface area contributed by atoms with E-state index in [2.05, 4.69) is 0 Å². The van der Waals surface area contributed by atoms with E-state index in [0.29, 0.717) is 13.0 Å². The van der Waals surface area contributed by atoms with Gasteiger partial charge in [-0.1, -0.05) is 18.2 Å². The molecule has 3 rings (SSSR count). The molecule has 0 saturated carbocycles. The minimum absolute atomic E-state index is 0.104. The van der Waals surface area contributed by atoms with Crippen molar-refractivity contribution in [2.24, 2.45) is 5.73 Å². The number of benzene rings is 1. The molecule has 112 valence electrons. The first kappa shape index (κ1) is 14.1. The normalized spacial score (nSPS) is 23.4. The van der Waals surface area contributed by atoms with Crippen LogP contribution in [0.15, 0.2) is 34.7 Å². The van der Waals surface area contributed by atoms with Crippen LogP contribution in [0.5, 0.6) is 0 Å². The van der Waals surface area contributed by atoms with E-state index in [1.54, 1.807) is 11.9 Å². The van der Waals surface area contributed by atoms with Crippen molar-refractivity contribution in [3.8, 4) is 0 Å². The minimum Gasteiger partial charge on any atom is -0.459 e. The number of carbonyl (C=O) groups is 1. The fourth-order valence-electron chi connectivity index (χ4n) is 2.68. The second-order valence-electron chi connectivity index (χ2n) is 5.74. The zero-order valence-corrected chi connectivity index (χ0v) is 12.3. The average Bonchev–Trinajstić information content (AvgIpc) is 3.11. The fourth-order valence-corrected chi connectivity index (χ4v) is 2.68.